The lowest BCUT2D eigenvalue weighted by Crippen LogP contribution is -2.64. The average Bonchev–Trinajstić information content (AvgIpc) is 0.821. The summed E-state index contributed by atoms with van der Waals surface area (Å²) in [4.78, 5) is 138. The molecule has 10 amide bonds. The Kier molecular flexibility index (Phi) is 48.9. The molecule has 3 heterocycles. The predicted octanol–water partition coefficient (Wildman–Crippen LogP) is -5.10. The smallest absolute Gasteiger partial charge is 0.394 e. The van der Waals surface area contributed by atoms with E-state index in [0.29, 0.717) is 90.0 Å². The van der Waals surface area contributed by atoms with Crippen molar-refractivity contribution in [1.82, 2.24) is 53.2 Å². The molecule has 41 heteroatoms. The molecule has 0 aromatic carbocycles. The molecule has 630 valence electrons. The van der Waals surface area contributed by atoms with Crippen LogP contribution in [0.5, 0.6) is 0 Å². The molecule has 0 saturated carbocycles. The van der Waals surface area contributed by atoms with Crippen LogP contribution >= 0.6 is 7.82 Å². The Hall–Kier alpha value is -5.83. The standard InChI is InChI=1S/C68H123N10O30P/c1-41(83)73-55-61(94)58(91)47(38-80)106-66(55)102-33-18-11-24-51(87)70-30-16-9-21-45(64(97)72-32-15-5-7-23-50(86)69-29-14-6-8-26-53(89)76-44(37-79)28-36-105-109(99,100)101-4)78-65(98)46(77-54(90)27-13-20-35-104-68-57(75-43(3)85)63(96)60(93)49(40-82)108-68)22-10-17-31-71-52(88)25-12-19-34-103-67-56(74-42(2)84)62(95)59(92)48(39-81)107-67/h44-49,55-63,66-68,79-82,91-96H,5-40H2,1-4H3,(H,69,86)(H,70,87)(H,71,88)(H,72,97)(H,73,83)(H,74,84)(H,75,85)(H,76,89)(H,77,90)(H,78,98)(H,99,100)/t44-,45-,46-,47+,48+,49+,55+,56+,57+,58-,59-,60-,61+,62+,63+,66+,67+,68+/m0/s1. The van der Waals surface area contributed by atoms with Gasteiger partial charge in [-0.3, -0.25) is 57.0 Å². The Morgan fingerprint density at radius 3 is 1.06 bits per heavy atom. The van der Waals surface area contributed by atoms with Crippen LogP contribution in [-0.2, 0) is 90.0 Å². The van der Waals surface area contributed by atoms with E-state index in [4.69, 9.17) is 32.9 Å². The summed E-state index contributed by atoms with van der Waals surface area (Å²) in [5.41, 5.74) is 0. The SMILES string of the molecule is COP(=O)(O)OCC[C@@H](CO)NC(=O)CCCCCNC(=O)CCCCCNC(=O)[C@H](CCCCNC(=O)CCCCO[C@@H]1O[C@H](CO)[C@H](O)[C@H](O)[C@H]1NC(C)=O)NC(=O)[C@H](CCCCNC(=O)CCCCO[C@@H]1O[C@H](CO)[C@H](O)[C@H](O)[C@H]1NC(C)=O)NC(=O)CCCCO[C@@H]1O[C@H](CO)[C@H](O)[C@H](O)[C@H]1NC(C)=O. The maximum atomic E-state index is 14.4. The maximum absolute atomic E-state index is 14.4. The lowest BCUT2D eigenvalue weighted by molar-refractivity contribution is -0.270. The first kappa shape index (κ1) is 97.4. The van der Waals surface area contributed by atoms with E-state index in [2.05, 4.69) is 57.7 Å². The van der Waals surface area contributed by atoms with Crippen LogP contribution in [0.25, 0.3) is 0 Å². The number of amides is 10. The number of phosphoric ester groups is 1. The highest BCUT2D eigenvalue weighted by Gasteiger charge is 2.48. The van der Waals surface area contributed by atoms with Crippen molar-refractivity contribution in [3.8, 4) is 0 Å². The Labute approximate surface area is 634 Å². The van der Waals surface area contributed by atoms with Gasteiger partial charge in [-0.2, -0.15) is 0 Å². The van der Waals surface area contributed by atoms with Gasteiger partial charge in [-0.1, -0.05) is 12.8 Å². The largest absolute Gasteiger partial charge is 0.471 e. The second-order valence-electron chi connectivity index (χ2n) is 27.1. The Balaban J connectivity index is 1.64. The van der Waals surface area contributed by atoms with Gasteiger partial charge in [-0.05, 0) is 109 Å². The minimum Gasteiger partial charge on any atom is -0.394 e. The predicted molar refractivity (Wildman–Crippen MR) is 382 cm³/mol. The van der Waals surface area contributed by atoms with Crippen LogP contribution in [-0.4, -0.2) is 311 Å². The van der Waals surface area contributed by atoms with Gasteiger partial charge in [-0.25, -0.2) is 4.57 Å². The summed E-state index contributed by atoms with van der Waals surface area (Å²) in [5, 5.41) is 128. The van der Waals surface area contributed by atoms with Crippen LogP contribution in [0.1, 0.15) is 175 Å². The van der Waals surface area contributed by atoms with Crippen LogP contribution in [0.4, 0.5) is 0 Å². The molecule has 0 aromatic rings. The summed E-state index contributed by atoms with van der Waals surface area (Å²) in [7, 11) is -3.19. The minimum atomic E-state index is -4.20. The molecule has 0 spiro atoms. The number of hydrogen-bond acceptors (Lipinski definition) is 29. The summed E-state index contributed by atoms with van der Waals surface area (Å²) in [6.07, 6.45) is -9.36. The van der Waals surface area contributed by atoms with E-state index >= 15 is 0 Å². The van der Waals surface area contributed by atoms with Gasteiger partial charge >= 0.3 is 7.82 Å². The van der Waals surface area contributed by atoms with Gasteiger partial charge in [0.15, 0.2) is 18.9 Å². The number of phosphoric acid groups is 1. The summed E-state index contributed by atoms with van der Waals surface area (Å²) in [6.45, 7) is 1.97. The lowest BCUT2D eigenvalue weighted by Gasteiger charge is -2.42. The maximum Gasteiger partial charge on any atom is 0.471 e. The highest BCUT2D eigenvalue weighted by Crippen LogP contribution is 2.42. The molecule has 3 fully saturated rings. The summed E-state index contributed by atoms with van der Waals surface area (Å²) >= 11 is 0. The zero-order valence-corrected chi connectivity index (χ0v) is 63.9. The fourth-order valence-electron chi connectivity index (χ4n) is 12.0. The minimum absolute atomic E-state index is 0.0312. The van der Waals surface area contributed by atoms with E-state index in [1.165, 1.54) is 20.8 Å². The number of unbranched alkanes of at least 4 members (excludes halogenated alkanes) is 9. The molecule has 21 N–H and O–H groups in total. The van der Waals surface area contributed by atoms with E-state index in [1.54, 1.807) is 0 Å². The summed E-state index contributed by atoms with van der Waals surface area (Å²) in [6, 6.07) is -6.49. The molecule has 3 saturated heterocycles. The third-order valence-electron chi connectivity index (χ3n) is 18.1. The molecule has 0 aromatic heterocycles. The van der Waals surface area contributed by atoms with E-state index in [9.17, 15) is 108 Å². The molecule has 40 nitrogen and oxygen atoms in total. The number of carbonyl (C=O) groups excluding carboxylic acids is 10. The third kappa shape index (κ3) is 39.0. The van der Waals surface area contributed by atoms with Gasteiger partial charge in [-0.15, -0.1) is 0 Å². The first-order valence-corrected chi connectivity index (χ1v) is 39.1. The fourth-order valence-corrected chi connectivity index (χ4v) is 12.4. The second kappa shape index (κ2) is 54.8. The van der Waals surface area contributed by atoms with Gasteiger partial charge in [0.05, 0.1) is 39.1 Å². The first-order chi connectivity index (χ1) is 52.0. The van der Waals surface area contributed by atoms with Crippen molar-refractivity contribution < 1.29 is 146 Å². The molecule has 3 aliphatic rings. The highest BCUT2D eigenvalue weighted by molar-refractivity contribution is 7.47. The molecular weight excluding hydrogens is 1470 g/mol. The Bertz CT molecular complexity index is 2760. The zero-order valence-electron chi connectivity index (χ0n) is 63.0. The Morgan fingerprint density at radius 2 is 0.716 bits per heavy atom. The van der Waals surface area contributed by atoms with Crippen molar-refractivity contribution in [2.45, 2.75) is 285 Å². The van der Waals surface area contributed by atoms with Crippen LogP contribution in [0, 0.1) is 0 Å². The summed E-state index contributed by atoms with van der Waals surface area (Å²) in [5.74, 6) is -4.50. The van der Waals surface area contributed by atoms with E-state index in [0.717, 1.165) is 7.11 Å². The van der Waals surface area contributed by atoms with Crippen molar-refractivity contribution in [3.63, 3.8) is 0 Å². The average molecular weight is 1590 g/mol. The van der Waals surface area contributed by atoms with E-state index in [-0.39, 0.29) is 140 Å². The van der Waals surface area contributed by atoms with Crippen molar-refractivity contribution in [2.24, 2.45) is 0 Å². The zero-order chi connectivity index (χ0) is 80.8. The van der Waals surface area contributed by atoms with Gasteiger partial charge in [0.1, 0.15) is 85.1 Å². The number of aliphatic hydroxyl groups excluding tert-OH is 10. The fraction of sp³-hybridized carbons (Fsp3) is 0.853. The van der Waals surface area contributed by atoms with Crippen LogP contribution in [0.3, 0.4) is 0 Å². The molecule has 0 aliphatic carbocycles. The van der Waals surface area contributed by atoms with Crippen molar-refractivity contribution >= 4 is 66.9 Å². The third-order valence-corrected chi connectivity index (χ3v) is 19.1. The normalized spacial score (nSPS) is 25.4. The highest BCUT2D eigenvalue weighted by atomic mass is 31.2. The molecule has 3 rings (SSSR count). The van der Waals surface area contributed by atoms with Gasteiger partial charge in [0.2, 0.25) is 59.1 Å². The quantitative estimate of drug-likeness (QED) is 0.0200. The molecule has 0 radical (unpaired) electrons. The van der Waals surface area contributed by atoms with E-state index in [1.807, 2.05) is 0 Å². The van der Waals surface area contributed by atoms with Crippen molar-refractivity contribution in [1.29, 1.82) is 0 Å². The topological polar surface area (TPSA) is 604 Å². The number of carbonyl (C=O) groups is 10. The molecule has 19 atom stereocenters. The van der Waals surface area contributed by atoms with Gasteiger partial charge < -0.3 is 138 Å². The number of rotatable bonds is 57. The number of hydrogen-bond donors (Lipinski definition) is 21. The molecular formula is C68H123N10O30P. The summed E-state index contributed by atoms with van der Waals surface area (Å²) < 4.78 is 54.6. The molecule has 3 aliphatic heterocycles. The number of ether oxygens (including phenoxy) is 6. The molecule has 109 heavy (non-hydrogen) atoms. The molecule has 1 unspecified atom stereocenters. The van der Waals surface area contributed by atoms with Gasteiger partial charge in [0.25, 0.3) is 0 Å². The van der Waals surface area contributed by atoms with Crippen LogP contribution in [0.2, 0.25) is 0 Å². The monoisotopic (exact) mass is 1590 g/mol. The molecule has 0 bridgehead atoms. The first-order valence-electron chi connectivity index (χ1n) is 37.6. The van der Waals surface area contributed by atoms with Crippen molar-refractivity contribution in [2.75, 3.05) is 86.1 Å². The van der Waals surface area contributed by atoms with E-state index < -0.39 is 180 Å². The number of aliphatic hydroxyl groups is 10. The lowest BCUT2D eigenvalue weighted by atomic mass is 9.97. The Morgan fingerprint density at radius 1 is 0.385 bits per heavy atom. The van der Waals surface area contributed by atoms with Crippen LogP contribution in [0.15, 0.2) is 0 Å². The van der Waals surface area contributed by atoms with Gasteiger partial charge in [0, 0.05) is 106 Å². The van der Waals surface area contributed by atoms with Crippen molar-refractivity contribution in [3.05, 3.63) is 0 Å². The van der Waals surface area contributed by atoms with Crippen LogP contribution < -0.4 is 53.2 Å². The second-order valence-corrected chi connectivity index (χ2v) is 28.7. The number of nitrogens with one attached hydrogen (secondary N) is 10.